The van der Waals surface area contributed by atoms with Crippen LogP contribution in [0.5, 0.6) is 5.75 Å². The highest BCUT2D eigenvalue weighted by Crippen LogP contribution is 2.25. The SMILES string of the molecule is COc1cccc2oc(CNc3ccccc3)nc12. The maximum Gasteiger partial charge on any atom is 0.214 e. The highest BCUT2D eigenvalue weighted by Gasteiger charge is 2.09. The first-order valence-electron chi connectivity index (χ1n) is 6.08. The third kappa shape index (κ3) is 2.38. The molecule has 1 heterocycles. The van der Waals surface area contributed by atoms with Crippen molar-refractivity contribution < 1.29 is 9.15 Å². The van der Waals surface area contributed by atoms with Crippen molar-refractivity contribution in [1.29, 1.82) is 0 Å². The molecule has 4 heteroatoms. The molecule has 0 radical (unpaired) electrons. The molecule has 1 N–H and O–H groups in total. The van der Waals surface area contributed by atoms with Crippen molar-refractivity contribution in [2.24, 2.45) is 0 Å². The van der Waals surface area contributed by atoms with E-state index in [0.29, 0.717) is 12.4 Å². The number of para-hydroxylation sites is 2. The number of oxazole rings is 1. The summed E-state index contributed by atoms with van der Waals surface area (Å²) in [5.74, 6) is 1.37. The van der Waals surface area contributed by atoms with Crippen LogP contribution in [-0.2, 0) is 6.54 Å². The number of hydrogen-bond donors (Lipinski definition) is 1. The number of benzene rings is 2. The Morgan fingerprint density at radius 1 is 1.11 bits per heavy atom. The molecule has 0 amide bonds. The molecule has 0 atom stereocenters. The van der Waals surface area contributed by atoms with Gasteiger partial charge in [0.05, 0.1) is 13.7 Å². The third-order valence-corrected chi connectivity index (χ3v) is 2.86. The number of hydrogen-bond acceptors (Lipinski definition) is 4. The summed E-state index contributed by atoms with van der Waals surface area (Å²) in [5.41, 5.74) is 2.54. The summed E-state index contributed by atoms with van der Waals surface area (Å²) < 4.78 is 10.9. The molecule has 3 rings (SSSR count). The first kappa shape index (κ1) is 11.6. The van der Waals surface area contributed by atoms with Crippen LogP contribution in [0, 0.1) is 0 Å². The number of nitrogens with zero attached hydrogens (tertiary/aromatic N) is 1. The van der Waals surface area contributed by atoms with Crippen LogP contribution in [0.15, 0.2) is 52.9 Å². The number of aromatic nitrogens is 1. The highest BCUT2D eigenvalue weighted by molar-refractivity contribution is 5.79. The standard InChI is InChI=1S/C15H14N2O2/c1-18-12-8-5-9-13-15(12)17-14(19-13)10-16-11-6-3-2-4-7-11/h2-9,16H,10H2,1H3. The number of nitrogens with one attached hydrogen (secondary N) is 1. The van der Waals surface area contributed by atoms with Gasteiger partial charge in [0, 0.05) is 5.69 Å². The first-order chi connectivity index (χ1) is 9.36. The van der Waals surface area contributed by atoms with Crippen LogP contribution >= 0.6 is 0 Å². The minimum absolute atomic E-state index is 0.543. The Balaban J connectivity index is 1.82. The van der Waals surface area contributed by atoms with Crippen molar-refractivity contribution in [1.82, 2.24) is 4.98 Å². The molecular weight excluding hydrogens is 240 g/mol. The van der Waals surface area contributed by atoms with Gasteiger partial charge in [0.15, 0.2) is 11.1 Å². The van der Waals surface area contributed by atoms with Gasteiger partial charge in [0.1, 0.15) is 5.75 Å². The molecule has 2 aromatic carbocycles. The molecule has 0 spiro atoms. The molecule has 19 heavy (non-hydrogen) atoms. The van der Waals surface area contributed by atoms with E-state index in [1.165, 1.54) is 0 Å². The lowest BCUT2D eigenvalue weighted by Crippen LogP contribution is -1.98. The minimum atomic E-state index is 0.543. The third-order valence-electron chi connectivity index (χ3n) is 2.86. The molecule has 96 valence electrons. The Hall–Kier alpha value is -2.49. The Bertz CT molecular complexity index is 677. The van der Waals surface area contributed by atoms with Crippen LogP contribution in [0.1, 0.15) is 5.89 Å². The molecule has 0 saturated heterocycles. The smallest absolute Gasteiger partial charge is 0.214 e. The summed E-state index contributed by atoms with van der Waals surface area (Å²) in [5, 5.41) is 3.26. The van der Waals surface area contributed by atoms with E-state index in [-0.39, 0.29) is 0 Å². The second-order valence-corrected chi connectivity index (χ2v) is 4.13. The van der Waals surface area contributed by atoms with Crippen molar-refractivity contribution in [3.05, 3.63) is 54.4 Å². The van der Waals surface area contributed by atoms with Crippen molar-refractivity contribution in [2.45, 2.75) is 6.54 Å². The van der Waals surface area contributed by atoms with Gasteiger partial charge in [-0.2, -0.15) is 0 Å². The van der Waals surface area contributed by atoms with Crippen LogP contribution in [0.3, 0.4) is 0 Å². The van der Waals surface area contributed by atoms with Gasteiger partial charge in [-0.1, -0.05) is 24.3 Å². The molecule has 3 aromatic rings. The average molecular weight is 254 g/mol. The van der Waals surface area contributed by atoms with Gasteiger partial charge in [-0.05, 0) is 24.3 Å². The summed E-state index contributed by atoms with van der Waals surface area (Å²) in [6.07, 6.45) is 0. The summed E-state index contributed by atoms with van der Waals surface area (Å²) >= 11 is 0. The van der Waals surface area contributed by atoms with Gasteiger partial charge in [-0.3, -0.25) is 0 Å². The van der Waals surface area contributed by atoms with Crippen molar-refractivity contribution >= 4 is 16.8 Å². The highest BCUT2D eigenvalue weighted by atomic mass is 16.5. The van der Waals surface area contributed by atoms with Crippen LogP contribution in [0.4, 0.5) is 5.69 Å². The van der Waals surface area contributed by atoms with E-state index in [1.54, 1.807) is 7.11 Å². The van der Waals surface area contributed by atoms with E-state index in [1.807, 2.05) is 48.5 Å². The summed E-state index contributed by atoms with van der Waals surface area (Å²) in [6, 6.07) is 15.6. The topological polar surface area (TPSA) is 47.3 Å². The molecule has 0 bridgehead atoms. The number of rotatable bonds is 4. The zero-order chi connectivity index (χ0) is 13.1. The van der Waals surface area contributed by atoms with Gasteiger partial charge < -0.3 is 14.5 Å². The second kappa shape index (κ2) is 5.02. The van der Waals surface area contributed by atoms with E-state index in [4.69, 9.17) is 9.15 Å². The number of ether oxygens (including phenoxy) is 1. The molecule has 0 aliphatic carbocycles. The molecule has 0 saturated carbocycles. The van der Waals surface area contributed by atoms with Crippen LogP contribution in [0.2, 0.25) is 0 Å². The molecular formula is C15H14N2O2. The molecule has 0 aliphatic heterocycles. The molecule has 4 nitrogen and oxygen atoms in total. The Morgan fingerprint density at radius 3 is 2.74 bits per heavy atom. The minimum Gasteiger partial charge on any atom is -0.494 e. The fourth-order valence-corrected chi connectivity index (χ4v) is 1.94. The zero-order valence-corrected chi connectivity index (χ0v) is 10.6. The maximum absolute atomic E-state index is 5.68. The van der Waals surface area contributed by atoms with Gasteiger partial charge in [0.2, 0.25) is 5.89 Å². The lowest BCUT2D eigenvalue weighted by molar-refractivity contribution is 0.419. The fourth-order valence-electron chi connectivity index (χ4n) is 1.94. The predicted octanol–water partition coefficient (Wildman–Crippen LogP) is 3.45. The maximum atomic E-state index is 5.68. The monoisotopic (exact) mass is 254 g/mol. The summed E-state index contributed by atoms with van der Waals surface area (Å²) in [4.78, 5) is 4.44. The van der Waals surface area contributed by atoms with Gasteiger partial charge in [0.25, 0.3) is 0 Å². The second-order valence-electron chi connectivity index (χ2n) is 4.13. The zero-order valence-electron chi connectivity index (χ0n) is 10.6. The molecule has 0 aliphatic rings. The van der Waals surface area contributed by atoms with Gasteiger partial charge >= 0.3 is 0 Å². The van der Waals surface area contributed by atoms with E-state index in [0.717, 1.165) is 22.5 Å². The molecule has 1 aromatic heterocycles. The van der Waals surface area contributed by atoms with Crippen molar-refractivity contribution in [3.63, 3.8) is 0 Å². The van der Waals surface area contributed by atoms with Crippen molar-refractivity contribution in [2.75, 3.05) is 12.4 Å². The largest absolute Gasteiger partial charge is 0.494 e. The number of anilines is 1. The fraction of sp³-hybridized carbons (Fsp3) is 0.133. The Labute approximate surface area is 111 Å². The van der Waals surface area contributed by atoms with E-state index in [9.17, 15) is 0 Å². The quantitative estimate of drug-likeness (QED) is 0.774. The van der Waals surface area contributed by atoms with Crippen LogP contribution in [0.25, 0.3) is 11.1 Å². The van der Waals surface area contributed by atoms with Crippen molar-refractivity contribution in [3.8, 4) is 5.75 Å². The lowest BCUT2D eigenvalue weighted by atomic mass is 10.3. The lowest BCUT2D eigenvalue weighted by Gasteiger charge is -2.01. The van der Waals surface area contributed by atoms with E-state index in [2.05, 4.69) is 10.3 Å². The molecule has 0 unspecified atom stereocenters. The summed E-state index contributed by atoms with van der Waals surface area (Å²) in [7, 11) is 1.63. The van der Waals surface area contributed by atoms with E-state index >= 15 is 0 Å². The van der Waals surface area contributed by atoms with Gasteiger partial charge in [-0.15, -0.1) is 0 Å². The number of methoxy groups -OCH3 is 1. The predicted molar refractivity (Wildman–Crippen MR) is 74.3 cm³/mol. The normalized spacial score (nSPS) is 10.6. The Morgan fingerprint density at radius 2 is 1.95 bits per heavy atom. The molecule has 0 fully saturated rings. The first-order valence-corrected chi connectivity index (χ1v) is 6.08. The Kier molecular flexibility index (Phi) is 3.06. The van der Waals surface area contributed by atoms with Crippen LogP contribution < -0.4 is 10.1 Å². The van der Waals surface area contributed by atoms with Gasteiger partial charge in [-0.25, -0.2) is 4.98 Å². The summed E-state index contributed by atoms with van der Waals surface area (Å²) in [6.45, 7) is 0.543. The van der Waals surface area contributed by atoms with Crippen LogP contribution in [-0.4, -0.2) is 12.1 Å². The van der Waals surface area contributed by atoms with E-state index < -0.39 is 0 Å². The average Bonchev–Trinajstić information content (AvgIpc) is 2.89. The number of fused-ring (bicyclic) bond motifs is 1.